The van der Waals surface area contributed by atoms with E-state index in [1.165, 1.54) is 48.5 Å². The zero-order chi connectivity index (χ0) is 20.3. The van der Waals surface area contributed by atoms with Crippen LogP contribution in [-0.4, -0.2) is 13.3 Å². The Balaban J connectivity index is 1.99. The minimum Gasteiger partial charge on any atom is -0.258 e. The molecule has 0 unspecified atom stereocenters. The number of benzene rings is 3. The minimum absolute atomic E-state index is 0.174. The van der Waals surface area contributed by atoms with Crippen molar-refractivity contribution in [2.24, 2.45) is 0 Å². The van der Waals surface area contributed by atoms with Crippen LogP contribution < -0.4 is 4.72 Å². The Hall–Kier alpha value is -3.17. The Morgan fingerprint density at radius 3 is 1.61 bits per heavy atom. The maximum Gasteiger partial charge on any atom is 0.269 e. The van der Waals surface area contributed by atoms with Crippen molar-refractivity contribution < 1.29 is 22.1 Å². The second kappa shape index (κ2) is 7.83. The molecular weight excluding hydrogens is 390 g/mol. The SMILES string of the molecule is O=[N+]([O-])c1ccc(S(=O)(=O)NC(c2ccc(F)cc2)c2ccc(F)cc2)cc1. The summed E-state index contributed by atoms with van der Waals surface area (Å²) in [5.41, 5.74) is 0.643. The van der Waals surface area contributed by atoms with E-state index >= 15 is 0 Å². The smallest absolute Gasteiger partial charge is 0.258 e. The van der Waals surface area contributed by atoms with Crippen LogP contribution in [0.2, 0.25) is 0 Å². The zero-order valence-electron chi connectivity index (χ0n) is 14.2. The highest BCUT2D eigenvalue weighted by Gasteiger charge is 2.23. The number of nitrogens with zero attached hydrogens (tertiary/aromatic N) is 1. The Morgan fingerprint density at radius 2 is 1.21 bits per heavy atom. The number of hydrogen-bond acceptors (Lipinski definition) is 4. The molecule has 0 bridgehead atoms. The summed E-state index contributed by atoms with van der Waals surface area (Å²) in [7, 11) is -4.08. The molecule has 0 heterocycles. The summed E-state index contributed by atoms with van der Waals surface area (Å²) in [6.07, 6.45) is 0. The van der Waals surface area contributed by atoms with Gasteiger partial charge < -0.3 is 0 Å². The van der Waals surface area contributed by atoms with Crippen molar-refractivity contribution in [3.63, 3.8) is 0 Å². The highest BCUT2D eigenvalue weighted by atomic mass is 32.2. The van der Waals surface area contributed by atoms with E-state index in [1.807, 2.05) is 0 Å². The molecular formula is C19H14F2N2O4S. The van der Waals surface area contributed by atoms with Crippen LogP contribution in [0.1, 0.15) is 17.2 Å². The predicted octanol–water partition coefficient (Wildman–Crippen LogP) is 3.94. The lowest BCUT2D eigenvalue weighted by atomic mass is 10.00. The molecule has 0 fully saturated rings. The fourth-order valence-electron chi connectivity index (χ4n) is 2.61. The third-order valence-corrected chi connectivity index (χ3v) is 5.48. The second-order valence-electron chi connectivity index (χ2n) is 5.91. The van der Waals surface area contributed by atoms with Crippen molar-refractivity contribution >= 4 is 15.7 Å². The molecule has 6 nitrogen and oxygen atoms in total. The fourth-order valence-corrected chi connectivity index (χ4v) is 3.82. The van der Waals surface area contributed by atoms with Crippen LogP contribution in [-0.2, 0) is 10.0 Å². The van der Waals surface area contributed by atoms with Gasteiger partial charge in [-0.15, -0.1) is 0 Å². The first-order valence-corrected chi connectivity index (χ1v) is 9.52. The highest BCUT2D eigenvalue weighted by Crippen LogP contribution is 2.26. The zero-order valence-corrected chi connectivity index (χ0v) is 15.1. The molecule has 3 aromatic carbocycles. The van der Waals surface area contributed by atoms with Crippen LogP contribution in [0, 0.1) is 21.7 Å². The molecule has 0 spiro atoms. The Morgan fingerprint density at radius 1 is 0.786 bits per heavy atom. The second-order valence-corrected chi connectivity index (χ2v) is 7.62. The molecule has 0 aliphatic carbocycles. The first-order chi connectivity index (χ1) is 13.3. The highest BCUT2D eigenvalue weighted by molar-refractivity contribution is 7.89. The number of nitrogens with one attached hydrogen (secondary N) is 1. The first kappa shape index (κ1) is 19.6. The maximum absolute atomic E-state index is 13.3. The van der Waals surface area contributed by atoms with E-state index in [2.05, 4.69) is 4.72 Å². The van der Waals surface area contributed by atoms with Crippen LogP contribution in [0.3, 0.4) is 0 Å². The van der Waals surface area contributed by atoms with E-state index in [0.29, 0.717) is 11.1 Å². The molecule has 0 aliphatic heterocycles. The maximum atomic E-state index is 13.3. The number of non-ortho nitro benzene ring substituents is 1. The topological polar surface area (TPSA) is 89.3 Å². The van der Waals surface area contributed by atoms with Gasteiger partial charge in [0.1, 0.15) is 11.6 Å². The lowest BCUT2D eigenvalue weighted by molar-refractivity contribution is -0.384. The summed E-state index contributed by atoms with van der Waals surface area (Å²) in [5, 5.41) is 10.7. The normalized spacial score (nSPS) is 11.5. The molecule has 0 aromatic heterocycles. The van der Waals surface area contributed by atoms with Crippen LogP contribution >= 0.6 is 0 Å². The molecule has 0 atom stereocenters. The molecule has 0 radical (unpaired) electrons. The van der Waals surface area contributed by atoms with Gasteiger partial charge in [0.2, 0.25) is 10.0 Å². The van der Waals surface area contributed by atoms with Gasteiger partial charge in [0, 0.05) is 12.1 Å². The van der Waals surface area contributed by atoms with Gasteiger partial charge in [-0.3, -0.25) is 10.1 Å². The summed E-state index contributed by atoms with van der Waals surface area (Å²) < 4.78 is 54.6. The molecule has 0 saturated heterocycles. The summed E-state index contributed by atoms with van der Waals surface area (Å²) in [6, 6.07) is 13.9. The Labute approximate surface area is 159 Å². The van der Waals surface area contributed by atoms with Crippen molar-refractivity contribution in [1.82, 2.24) is 4.72 Å². The van der Waals surface area contributed by atoms with Gasteiger partial charge in [-0.25, -0.2) is 17.2 Å². The Bertz CT molecular complexity index is 1040. The molecule has 1 N–H and O–H groups in total. The number of halogens is 2. The molecule has 9 heteroatoms. The number of nitro groups is 1. The third-order valence-electron chi connectivity index (χ3n) is 4.04. The molecule has 3 rings (SSSR count). The number of sulfonamides is 1. The van der Waals surface area contributed by atoms with E-state index in [-0.39, 0.29) is 10.6 Å². The van der Waals surface area contributed by atoms with Gasteiger partial charge in [0.05, 0.1) is 15.9 Å². The fraction of sp³-hybridized carbons (Fsp3) is 0.0526. The van der Waals surface area contributed by atoms with Gasteiger partial charge in [-0.1, -0.05) is 24.3 Å². The van der Waals surface area contributed by atoms with Crippen molar-refractivity contribution in [3.8, 4) is 0 Å². The van der Waals surface area contributed by atoms with Gasteiger partial charge in [0.25, 0.3) is 5.69 Å². The van der Waals surface area contributed by atoms with Gasteiger partial charge in [0.15, 0.2) is 0 Å². The number of nitro benzene ring substituents is 1. The summed E-state index contributed by atoms with van der Waals surface area (Å²) >= 11 is 0. The average molecular weight is 404 g/mol. The van der Waals surface area contributed by atoms with Crippen LogP contribution in [0.25, 0.3) is 0 Å². The monoisotopic (exact) mass is 404 g/mol. The molecule has 144 valence electrons. The van der Waals surface area contributed by atoms with Gasteiger partial charge in [-0.2, -0.15) is 4.72 Å². The summed E-state index contributed by atoms with van der Waals surface area (Å²) in [6.45, 7) is 0. The molecule has 0 aliphatic rings. The van der Waals surface area contributed by atoms with Crippen molar-refractivity contribution in [3.05, 3.63) is 106 Å². The van der Waals surface area contributed by atoms with Crippen LogP contribution in [0.5, 0.6) is 0 Å². The third kappa shape index (κ3) is 4.38. The molecule has 28 heavy (non-hydrogen) atoms. The van der Waals surface area contributed by atoms with Gasteiger partial charge in [-0.05, 0) is 47.5 Å². The van der Waals surface area contributed by atoms with E-state index in [1.54, 1.807) is 0 Å². The molecule has 3 aromatic rings. The molecule has 0 amide bonds. The largest absolute Gasteiger partial charge is 0.269 e. The lowest BCUT2D eigenvalue weighted by Crippen LogP contribution is -2.29. The quantitative estimate of drug-likeness (QED) is 0.498. The van der Waals surface area contributed by atoms with E-state index in [9.17, 15) is 27.3 Å². The van der Waals surface area contributed by atoms with Crippen molar-refractivity contribution in [2.75, 3.05) is 0 Å². The summed E-state index contributed by atoms with van der Waals surface area (Å²) in [5.74, 6) is -0.973. The van der Waals surface area contributed by atoms with Gasteiger partial charge >= 0.3 is 0 Å². The standard InChI is InChI=1S/C19H14F2N2O4S/c20-15-5-1-13(2-6-15)19(14-3-7-16(21)8-4-14)22-28(26,27)18-11-9-17(10-12-18)23(24)25/h1-12,19,22H. The van der Waals surface area contributed by atoms with Crippen LogP contribution in [0.4, 0.5) is 14.5 Å². The average Bonchev–Trinajstić information content (AvgIpc) is 2.68. The number of hydrogen-bond donors (Lipinski definition) is 1. The van der Waals surface area contributed by atoms with Crippen LogP contribution in [0.15, 0.2) is 77.7 Å². The van der Waals surface area contributed by atoms with E-state index in [4.69, 9.17) is 0 Å². The lowest BCUT2D eigenvalue weighted by Gasteiger charge is -2.20. The van der Waals surface area contributed by atoms with E-state index < -0.39 is 32.6 Å². The minimum atomic E-state index is -4.08. The predicted molar refractivity (Wildman–Crippen MR) is 98.1 cm³/mol. The van der Waals surface area contributed by atoms with E-state index in [0.717, 1.165) is 24.3 Å². The van der Waals surface area contributed by atoms with Crippen molar-refractivity contribution in [2.45, 2.75) is 10.9 Å². The number of rotatable bonds is 6. The molecule has 0 saturated carbocycles. The summed E-state index contributed by atoms with van der Waals surface area (Å²) in [4.78, 5) is 9.93. The first-order valence-electron chi connectivity index (χ1n) is 8.04. The Kier molecular flexibility index (Phi) is 5.48. The van der Waals surface area contributed by atoms with Crippen molar-refractivity contribution in [1.29, 1.82) is 0 Å².